The average molecular weight is 396 g/mol. The lowest BCUT2D eigenvalue weighted by Crippen LogP contribution is -2.12. The van der Waals surface area contributed by atoms with Gasteiger partial charge in [0.2, 0.25) is 0 Å². The van der Waals surface area contributed by atoms with Crippen molar-refractivity contribution in [2.75, 3.05) is 0 Å². The first-order valence-electron chi connectivity index (χ1n) is 10.7. The Morgan fingerprint density at radius 2 is 1.48 bits per heavy atom. The minimum absolute atomic E-state index is 0.180. The summed E-state index contributed by atoms with van der Waals surface area (Å²) in [4.78, 5) is 0. The molecule has 0 saturated heterocycles. The quantitative estimate of drug-likeness (QED) is 0.417. The fraction of sp³-hybridized carbons (Fsp3) is 0.385. The standard InChI is InChI=1S/C26H27F3/c1-3-16-5-7-18(8-6-16)19-10-12-20(13-11-19)22-15-21-14-9-17(4-2)24(27)23(21)26(29)25(22)28/h9-16,18H,3-8H2,1-2H3. The highest BCUT2D eigenvalue weighted by Crippen LogP contribution is 2.38. The van der Waals surface area contributed by atoms with Crippen LogP contribution in [0, 0.1) is 23.4 Å². The maximum Gasteiger partial charge on any atom is 0.170 e. The van der Waals surface area contributed by atoms with E-state index in [-0.39, 0.29) is 10.9 Å². The summed E-state index contributed by atoms with van der Waals surface area (Å²) in [6.07, 6.45) is 6.59. The lowest BCUT2D eigenvalue weighted by Gasteiger charge is -2.28. The molecule has 1 aliphatic carbocycles. The van der Waals surface area contributed by atoms with Gasteiger partial charge in [-0.25, -0.2) is 13.2 Å². The molecule has 0 unspecified atom stereocenters. The van der Waals surface area contributed by atoms with Crippen molar-refractivity contribution >= 4 is 10.8 Å². The van der Waals surface area contributed by atoms with Crippen LogP contribution < -0.4 is 0 Å². The van der Waals surface area contributed by atoms with Crippen molar-refractivity contribution in [1.82, 2.24) is 0 Å². The van der Waals surface area contributed by atoms with Gasteiger partial charge in [-0.05, 0) is 72.1 Å². The van der Waals surface area contributed by atoms with Crippen LogP contribution in [0.2, 0.25) is 0 Å². The van der Waals surface area contributed by atoms with Crippen LogP contribution in [0.5, 0.6) is 0 Å². The van der Waals surface area contributed by atoms with Crippen molar-refractivity contribution < 1.29 is 13.2 Å². The first kappa shape index (κ1) is 20.0. The molecule has 0 atom stereocenters. The van der Waals surface area contributed by atoms with E-state index in [0.29, 0.717) is 28.9 Å². The zero-order valence-corrected chi connectivity index (χ0v) is 17.1. The summed E-state index contributed by atoms with van der Waals surface area (Å²) >= 11 is 0. The van der Waals surface area contributed by atoms with Gasteiger partial charge in [0.1, 0.15) is 5.82 Å². The maximum absolute atomic E-state index is 14.8. The smallest absolute Gasteiger partial charge is 0.170 e. The van der Waals surface area contributed by atoms with E-state index in [1.807, 2.05) is 24.3 Å². The van der Waals surface area contributed by atoms with Gasteiger partial charge in [0.15, 0.2) is 11.6 Å². The normalized spacial score (nSPS) is 19.6. The highest BCUT2D eigenvalue weighted by atomic mass is 19.2. The second kappa shape index (κ2) is 8.22. The largest absolute Gasteiger partial charge is 0.206 e. The Morgan fingerprint density at radius 1 is 0.793 bits per heavy atom. The van der Waals surface area contributed by atoms with Crippen LogP contribution in [-0.4, -0.2) is 0 Å². The predicted octanol–water partition coefficient (Wildman–Crippen LogP) is 8.17. The Kier molecular flexibility index (Phi) is 5.67. The van der Waals surface area contributed by atoms with Crippen LogP contribution in [0.3, 0.4) is 0 Å². The van der Waals surface area contributed by atoms with Gasteiger partial charge in [0.25, 0.3) is 0 Å². The van der Waals surface area contributed by atoms with Gasteiger partial charge < -0.3 is 0 Å². The van der Waals surface area contributed by atoms with E-state index >= 15 is 0 Å². The molecule has 29 heavy (non-hydrogen) atoms. The summed E-state index contributed by atoms with van der Waals surface area (Å²) in [7, 11) is 0. The number of hydrogen-bond donors (Lipinski definition) is 0. The summed E-state index contributed by atoms with van der Waals surface area (Å²) in [6, 6.07) is 12.7. The summed E-state index contributed by atoms with van der Waals surface area (Å²) in [5.41, 5.74) is 2.46. The molecular formula is C26H27F3. The third-order valence-corrected chi connectivity index (χ3v) is 6.70. The highest BCUT2D eigenvalue weighted by Gasteiger charge is 2.22. The number of fused-ring (bicyclic) bond motifs is 1. The highest BCUT2D eigenvalue weighted by molar-refractivity contribution is 5.89. The second-order valence-electron chi connectivity index (χ2n) is 8.29. The van der Waals surface area contributed by atoms with Gasteiger partial charge in [-0.2, -0.15) is 0 Å². The molecule has 0 bridgehead atoms. The fourth-order valence-corrected chi connectivity index (χ4v) is 4.75. The van der Waals surface area contributed by atoms with Gasteiger partial charge in [-0.15, -0.1) is 0 Å². The number of halogens is 3. The maximum atomic E-state index is 14.8. The van der Waals surface area contributed by atoms with Crippen LogP contribution >= 0.6 is 0 Å². The molecule has 4 rings (SSSR count). The van der Waals surface area contributed by atoms with Crippen molar-refractivity contribution in [3.63, 3.8) is 0 Å². The van der Waals surface area contributed by atoms with E-state index in [9.17, 15) is 13.2 Å². The third-order valence-electron chi connectivity index (χ3n) is 6.70. The van der Waals surface area contributed by atoms with Crippen LogP contribution in [-0.2, 0) is 6.42 Å². The summed E-state index contributed by atoms with van der Waals surface area (Å²) in [5, 5.41) is 0.130. The molecule has 0 radical (unpaired) electrons. The van der Waals surface area contributed by atoms with Crippen molar-refractivity contribution in [2.24, 2.45) is 5.92 Å². The lowest BCUT2D eigenvalue weighted by atomic mass is 9.77. The summed E-state index contributed by atoms with van der Waals surface area (Å²) in [6.45, 7) is 4.05. The van der Waals surface area contributed by atoms with Crippen molar-refractivity contribution in [2.45, 2.75) is 58.3 Å². The van der Waals surface area contributed by atoms with Gasteiger partial charge in [-0.3, -0.25) is 0 Å². The summed E-state index contributed by atoms with van der Waals surface area (Å²) < 4.78 is 44.1. The minimum Gasteiger partial charge on any atom is -0.206 e. The molecule has 0 aromatic heterocycles. The molecule has 0 N–H and O–H groups in total. The fourth-order valence-electron chi connectivity index (χ4n) is 4.75. The molecule has 0 nitrogen and oxygen atoms in total. The van der Waals surface area contributed by atoms with Gasteiger partial charge >= 0.3 is 0 Å². The lowest BCUT2D eigenvalue weighted by molar-refractivity contribution is 0.319. The van der Waals surface area contributed by atoms with Gasteiger partial charge in [0.05, 0.1) is 5.39 Å². The van der Waals surface area contributed by atoms with Crippen molar-refractivity contribution in [3.05, 3.63) is 71.0 Å². The Balaban J connectivity index is 1.67. The monoisotopic (exact) mass is 396 g/mol. The van der Waals surface area contributed by atoms with Crippen LogP contribution in [0.25, 0.3) is 21.9 Å². The number of rotatable bonds is 4. The number of benzene rings is 3. The molecule has 0 amide bonds. The molecule has 0 heterocycles. The zero-order chi connectivity index (χ0) is 20.5. The van der Waals surface area contributed by atoms with Gasteiger partial charge in [-0.1, -0.05) is 56.7 Å². The number of hydrogen-bond acceptors (Lipinski definition) is 0. The second-order valence-corrected chi connectivity index (χ2v) is 8.29. The molecule has 152 valence electrons. The first-order chi connectivity index (χ1) is 14.0. The zero-order valence-electron chi connectivity index (χ0n) is 17.1. The van der Waals surface area contributed by atoms with Crippen molar-refractivity contribution in [3.8, 4) is 11.1 Å². The predicted molar refractivity (Wildman–Crippen MR) is 114 cm³/mol. The first-order valence-corrected chi connectivity index (χ1v) is 10.7. The van der Waals surface area contributed by atoms with E-state index < -0.39 is 17.5 Å². The van der Waals surface area contributed by atoms with Crippen LogP contribution in [0.4, 0.5) is 13.2 Å². The van der Waals surface area contributed by atoms with E-state index in [1.165, 1.54) is 37.7 Å². The molecule has 1 aliphatic rings. The van der Waals surface area contributed by atoms with Crippen LogP contribution in [0.1, 0.15) is 63.0 Å². The molecule has 0 aliphatic heterocycles. The Bertz CT molecular complexity index is 1010. The molecule has 3 aromatic carbocycles. The Labute approximate surface area is 170 Å². The molecular weight excluding hydrogens is 369 g/mol. The Morgan fingerprint density at radius 3 is 2.10 bits per heavy atom. The molecule has 3 heteroatoms. The van der Waals surface area contributed by atoms with E-state index in [0.717, 1.165) is 5.92 Å². The van der Waals surface area contributed by atoms with Crippen molar-refractivity contribution in [1.29, 1.82) is 0 Å². The average Bonchev–Trinajstić information content (AvgIpc) is 2.76. The van der Waals surface area contributed by atoms with E-state index in [2.05, 4.69) is 6.92 Å². The molecule has 0 spiro atoms. The van der Waals surface area contributed by atoms with E-state index in [1.54, 1.807) is 25.1 Å². The summed E-state index contributed by atoms with van der Waals surface area (Å²) in [5.74, 6) is -1.36. The SMILES string of the molecule is CCc1ccc2cc(-c3ccc(C4CCC(CC)CC4)cc3)c(F)c(F)c2c1F. The Hall–Kier alpha value is -2.29. The molecule has 1 fully saturated rings. The molecule has 1 saturated carbocycles. The van der Waals surface area contributed by atoms with Gasteiger partial charge in [0, 0.05) is 5.56 Å². The molecule has 3 aromatic rings. The number of aryl methyl sites for hydroxylation is 1. The third kappa shape index (κ3) is 3.68. The van der Waals surface area contributed by atoms with Crippen LogP contribution in [0.15, 0.2) is 42.5 Å². The van der Waals surface area contributed by atoms with E-state index in [4.69, 9.17) is 0 Å². The topological polar surface area (TPSA) is 0 Å². The minimum atomic E-state index is -1.10.